The Balaban J connectivity index is 1.62. The average molecular weight is 286 g/mol. The molecule has 3 rings (SSSR count). The van der Waals surface area contributed by atoms with Crippen molar-refractivity contribution < 1.29 is 14.3 Å². The summed E-state index contributed by atoms with van der Waals surface area (Å²) >= 11 is 0. The van der Waals surface area contributed by atoms with Crippen molar-refractivity contribution in [2.24, 2.45) is 0 Å². The van der Waals surface area contributed by atoms with Crippen LogP contribution in [0.4, 0.5) is 0 Å². The quantitative estimate of drug-likeness (QED) is 0.772. The number of hydrogen-bond donors (Lipinski definition) is 0. The van der Waals surface area contributed by atoms with Crippen LogP contribution in [0.1, 0.15) is 24.8 Å². The Kier molecular flexibility index (Phi) is 3.84. The van der Waals surface area contributed by atoms with E-state index >= 15 is 0 Å². The zero-order chi connectivity index (χ0) is 14.7. The van der Waals surface area contributed by atoms with Gasteiger partial charge in [-0.3, -0.25) is 14.6 Å². The highest BCUT2D eigenvalue weighted by Gasteiger charge is 2.46. The summed E-state index contributed by atoms with van der Waals surface area (Å²) in [5.41, 5.74) is 0.258. The third-order valence-corrected chi connectivity index (χ3v) is 4.15. The number of piperidine rings is 1. The van der Waals surface area contributed by atoms with E-state index in [-0.39, 0.29) is 18.2 Å². The highest BCUT2D eigenvalue weighted by atomic mass is 16.5. The van der Waals surface area contributed by atoms with Gasteiger partial charge in [-0.25, -0.2) is 0 Å². The molecule has 1 aromatic rings. The van der Waals surface area contributed by atoms with Crippen LogP contribution in [0.15, 0.2) is 30.6 Å². The van der Waals surface area contributed by atoms with Gasteiger partial charge >= 0.3 is 0 Å². The van der Waals surface area contributed by atoms with E-state index in [1.54, 1.807) is 23.4 Å². The summed E-state index contributed by atoms with van der Waals surface area (Å²) in [6.07, 6.45) is 8.92. The molecule has 5 nitrogen and oxygen atoms in total. The van der Waals surface area contributed by atoms with E-state index < -0.39 is 5.60 Å². The number of pyridine rings is 1. The maximum Gasteiger partial charge on any atom is 0.246 e. The van der Waals surface area contributed by atoms with Crippen LogP contribution in [0.2, 0.25) is 0 Å². The molecule has 110 valence electrons. The molecule has 1 aromatic heterocycles. The number of likely N-dealkylation sites (tertiary alicyclic amines) is 1. The number of aromatic nitrogens is 1. The number of amides is 1. The normalized spacial score (nSPS) is 25.9. The molecule has 0 saturated carbocycles. The molecular weight excluding hydrogens is 268 g/mol. The number of hydrogen-bond acceptors (Lipinski definition) is 4. The Morgan fingerprint density at radius 1 is 1.43 bits per heavy atom. The second-order valence-electron chi connectivity index (χ2n) is 5.50. The zero-order valence-electron chi connectivity index (χ0n) is 11.8. The van der Waals surface area contributed by atoms with E-state index in [9.17, 15) is 9.59 Å². The fraction of sp³-hybridized carbons (Fsp3) is 0.438. The number of nitrogens with zero attached hydrogens (tertiary/aromatic N) is 2. The lowest BCUT2D eigenvalue weighted by atomic mass is 9.87. The minimum atomic E-state index is -0.607. The maximum absolute atomic E-state index is 12.3. The van der Waals surface area contributed by atoms with Crippen molar-refractivity contribution in [3.8, 4) is 0 Å². The molecule has 2 fully saturated rings. The molecule has 1 atom stereocenters. The van der Waals surface area contributed by atoms with Crippen molar-refractivity contribution >= 4 is 17.8 Å². The fourth-order valence-corrected chi connectivity index (χ4v) is 2.90. The summed E-state index contributed by atoms with van der Waals surface area (Å²) in [6, 6.07) is 3.69. The number of ether oxygens (including phenoxy) is 1. The highest BCUT2D eigenvalue weighted by Crippen LogP contribution is 2.33. The summed E-state index contributed by atoms with van der Waals surface area (Å²) in [5, 5.41) is 0. The van der Waals surface area contributed by atoms with Crippen molar-refractivity contribution in [2.75, 3.05) is 19.7 Å². The molecule has 0 aliphatic carbocycles. The second kappa shape index (κ2) is 5.77. The Hall–Kier alpha value is -2.01. The standard InChI is InChI=1S/C16H18N2O3/c19-14-12-18(9-7-16(14)6-2-10-21-16)15(20)5-4-13-3-1-8-17-11-13/h1,3-5,8,11H,2,6-7,9-10,12H2. The molecular formula is C16H18N2O3. The van der Waals surface area contributed by atoms with E-state index in [4.69, 9.17) is 4.74 Å². The van der Waals surface area contributed by atoms with Gasteiger partial charge in [0.05, 0.1) is 6.54 Å². The second-order valence-corrected chi connectivity index (χ2v) is 5.50. The lowest BCUT2D eigenvalue weighted by molar-refractivity contribution is -0.151. The van der Waals surface area contributed by atoms with Crippen LogP contribution in [-0.2, 0) is 14.3 Å². The zero-order valence-corrected chi connectivity index (χ0v) is 11.8. The van der Waals surface area contributed by atoms with E-state index in [1.807, 2.05) is 12.1 Å². The first kappa shape index (κ1) is 13.9. The van der Waals surface area contributed by atoms with Crippen molar-refractivity contribution in [3.05, 3.63) is 36.2 Å². The van der Waals surface area contributed by atoms with E-state index in [0.29, 0.717) is 19.6 Å². The molecule has 2 aliphatic heterocycles. The van der Waals surface area contributed by atoms with E-state index in [1.165, 1.54) is 6.08 Å². The first-order valence-electron chi connectivity index (χ1n) is 7.24. The third kappa shape index (κ3) is 2.88. The van der Waals surface area contributed by atoms with Crippen LogP contribution in [-0.4, -0.2) is 46.9 Å². The maximum atomic E-state index is 12.3. The smallest absolute Gasteiger partial charge is 0.246 e. The van der Waals surface area contributed by atoms with Crippen molar-refractivity contribution in [1.29, 1.82) is 0 Å². The summed E-state index contributed by atoms with van der Waals surface area (Å²) < 4.78 is 5.64. The van der Waals surface area contributed by atoms with Crippen molar-refractivity contribution in [1.82, 2.24) is 9.88 Å². The van der Waals surface area contributed by atoms with Crippen molar-refractivity contribution in [2.45, 2.75) is 24.9 Å². The summed E-state index contributed by atoms with van der Waals surface area (Å²) in [5.74, 6) is -0.102. The minimum Gasteiger partial charge on any atom is -0.367 e. The van der Waals surface area contributed by atoms with Gasteiger partial charge in [-0.05, 0) is 30.5 Å². The number of rotatable bonds is 2. The Labute approximate surface area is 123 Å². The predicted molar refractivity (Wildman–Crippen MR) is 77.4 cm³/mol. The first-order valence-corrected chi connectivity index (χ1v) is 7.24. The van der Waals surface area contributed by atoms with Gasteiger partial charge in [0.15, 0.2) is 5.78 Å². The number of carbonyl (C=O) groups is 2. The molecule has 21 heavy (non-hydrogen) atoms. The Morgan fingerprint density at radius 3 is 3.00 bits per heavy atom. The predicted octanol–water partition coefficient (Wildman–Crippen LogP) is 1.45. The molecule has 1 spiro atoms. The van der Waals surface area contributed by atoms with E-state index in [2.05, 4.69) is 4.98 Å². The van der Waals surface area contributed by atoms with E-state index in [0.717, 1.165) is 18.4 Å². The van der Waals surface area contributed by atoms with Crippen LogP contribution >= 0.6 is 0 Å². The molecule has 0 bridgehead atoms. The minimum absolute atomic E-state index is 0.0365. The Morgan fingerprint density at radius 2 is 2.33 bits per heavy atom. The lowest BCUT2D eigenvalue weighted by Crippen LogP contribution is -2.53. The van der Waals surface area contributed by atoms with Crippen LogP contribution in [0.3, 0.4) is 0 Å². The van der Waals surface area contributed by atoms with Gasteiger partial charge in [-0.1, -0.05) is 6.07 Å². The van der Waals surface area contributed by atoms with Gasteiger partial charge in [0, 0.05) is 38.0 Å². The number of ketones is 1. The molecule has 3 heterocycles. The topological polar surface area (TPSA) is 59.5 Å². The molecule has 1 unspecified atom stereocenters. The summed E-state index contributed by atoms with van der Waals surface area (Å²) in [7, 11) is 0. The van der Waals surface area contributed by atoms with Gasteiger partial charge in [0.2, 0.25) is 5.91 Å². The third-order valence-electron chi connectivity index (χ3n) is 4.15. The van der Waals surface area contributed by atoms with Crippen LogP contribution < -0.4 is 0 Å². The van der Waals surface area contributed by atoms with Gasteiger partial charge < -0.3 is 9.64 Å². The molecule has 0 N–H and O–H groups in total. The van der Waals surface area contributed by atoms with Gasteiger partial charge in [-0.2, -0.15) is 0 Å². The molecule has 1 amide bonds. The summed E-state index contributed by atoms with van der Waals surface area (Å²) in [4.78, 5) is 30.0. The SMILES string of the molecule is O=C(C=Cc1cccnc1)N1CCC2(CCCO2)C(=O)C1. The first-order chi connectivity index (χ1) is 10.2. The van der Waals surface area contributed by atoms with Crippen molar-refractivity contribution in [3.63, 3.8) is 0 Å². The molecule has 5 heteroatoms. The fourth-order valence-electron chi connectivity index (χ4n) is 2.90. The summed E-state index contributed by atoms with van der Waals surface area (Å²) in [6.45, 7) is 1.37. The molecule has 2 saturated heterocycles. The molecule has 0 aromatic carbocycles. The Bertz CT molecular complexity index is 562. The van der Waals surface area contributed by atoms with Gasteiger partial charge in [0.25, 0.3) is 0 Å². The monoisotopic (exact) mass is 286 g/mol. The molecule has 0 radical (unpaired) electrons. The van der Waals surface area contributed by atoms with Gasteiger partial charge in [0.1, 0.15) is 5.60 Å². The lowest BCUT2D eigenvalue weighted by Gasteiger charge is -2.36. The number of carbonyl (C=O) groups excluding carboxylic acids is 2. The van der Waals surface area contributed by atoms with Crippen LogP contribution in [0.25, 0.3) is 6.08 Å². The highest BCUT2D eigenvalue weighted by molar-refractivity contribution is 5.98. The average Bonchev–Trinajstić information content (AvgIpc) is 2.99. The van der Waals surface area contributed by atoms with Gasteiger partial charge in [-0.15, -0.1) is 0 Å². The number of Topliss-reactive ketones (excluding diaryl/α,β-unsaturated/α-hetero) is 1. The van der Waals surface area contributed by atoms with Crippen LogP contribution in [0.5, 0.6) is 0 Å². The largest absolute Gasteiger partial charge is 0.367 e. The van der Waals surface area contributed by atoms with Crippen LogP contribution in [0, 0.1) is 0 Å². The molecule has 2 aliphatic rings.